The average molecular weight is 457 g/mol. The Balaban J connectivity index is 0.00000126. The molecule has 0 spiro atoms. The molecule has 0 aliphatic heterocycles. The summed E-state index contributed by atoms with van der Waals surface area (Å²) >= 11 is 1.86. The van der Waals surface area contributed by atoms with Gasteiger partial charge in [-0.25, -0.2) is 0 Å². The lowest BCUT2D eigenvalue weighted by molar-refractivity contribution is 0.514. The zero-order chi connectivity index (χ0) is 23.2. The van der Waals surface area contributed by atoms with E-state index in [1.165, 1.54) is 81.8 Å². The number of unbranched alkanes of at least 4 members (excludes halogenated alkanes) is 5. The number of hydrogen-bond donors (Lipinski definition) is 0. The molecule has 1 nitrogen and oxygen atoms in total. The molecule has 0 amide bonds. The minimum atomic E-state index is 0.994. The lowest BCUT2D eigenvalue weighted by atomic mass is 9.94. The third kappa shape index (κ3) is 4.92. The summed E-state index contributed by atoms with van der Waals surface area (Å²) in [6, 6.07) is 22.3. The van der Waals surface area contributed by atoms with E-state index in [1.54, 1.807) is 0 Å². The predicted molar refractivity (Wildman–Crippen MR) is 149 cm³/mol. The smallest absolute Gasteiger partial charge is 0.161 e. The minimum Gasteiger partial charge on any atom is -0.450 e. The van der Waals surface area contributed by atoms with Crippen LogP contribution in [0, 0.1) is 6.92 Å². The van der Waals surface area contributed by atoms with Crippen LogP contribution in [0.5, 0.6) is 0 Å². The van der Waals surface area contributed by atoms with Crippen molar-refractivity contribution in [2.75, 3.05) is 5.75 Å². The van der Waals surface area contributed by atoms with Crippen molar-refractivity contribution >= 4 is 55.0 Å². The molecule has 0 aliphatic carbocycles. The molecule has 0 N–H and O–H groups in total. The highest BCUT2D eigenvalue weighted by Crippen LogP contribution is 2.37. The van der Waals surface area contributed by atoms with E-state index in [9.17, 15) is 0 Å². The van der Waals surface area contributed by atoms with Gasteiger partial charge in [-0.15, -0.1) is 0 Å². The zero-order valence-electron chi connectivity index (χ0n) is 20.5. The molecule has 1 aromatic heterocycles. The summed E-state index contributed by atoms with van der Waals surface area (Å²) in [4.78, 5) is 0. The van der Waals surface area contributed by atoms with E-state index in [0.29, 0.717) is 0 Å². The van der Waals surface area contributed by atoms with Crippen LogP contribution in [0.25, 0.3) is 43.3 Å². The van der Waals surface area contributed by atoms with Gasteiger partial charge in [0, 0.05) is 11.1 Å². The molecule has 5 rings (SSSR count). The Morgan fingerprint density at radius 1 is 0.636 bits per heavy atom. The van der Waals surface area contributed by atoms with Gasteiger partial charge in [-0.3, -0.25) is 0 Å². The van der Waals surface area contributed by atoms with Crippen molar-refractivity contribution < 1.29 is 4.42 Å². The molecular weight excluding hydrogens is 420 g/mol. The maximum Gasteiger partial charge on any atom is 0.161 e. The van der Waals surface area contributed by atoms with Crippen LogP contribution in [0.4, 0.5) is 0 Å². The van der Waals surface area contributed by atoms with Crippen LogP contribution in [-0.2, 0) is 0 Å². The van der Waals surface area contributed by atoms with Crippen molar-refractivity contribution in [3.8, 4) is 0 Å². The first-order valence-electron chi connectivity index (χ1n) is 12.7. The van der Waals surface area contributed by atoms with Gasteiger partial charge in [0.05, 0.1) is 0 Å². The van der Waals surface area contributed by atoms with E-state index >= 15 is 0 Å². The highest BCUT2D eigenvalue weighted by molar-refractivity contribution is 7.99. The number of furan rings is 1. The normalized spacial score (nSPS) is 11.4. The maximum absolute atomic E-state index is 6.18. The quantitative estimate of drug-likeness (QED) is 0.131. The summed E-state index contributed by atoms with van der Waals surface area (Å²) in [5, 5.41) is 10.2. The molecule has 0 aliphatic rings. The number of hydrogen-bond acceptors (Lipinski definition) is 2. The second kappa shape index (κ2) is 11.1. The molecule has 0 bridgehead atoms. The van der Waals surface area contributed by atoms with Crippen molar-refractivity contribution in [3.05, 3.63) is 66.2 Å². The second-order valence-electron chi connectivity index (χ2n) is 8.65. The first kappa shape index (κ1) is 23.7. The molecule has 1 heterocycles. The molecule has 4 aromatic carbocycles. The largest absolute Gasteiger partial charge is 0.450 e. The minimum absolute atomic E-state index is 0.994. The lowest BCUT2D eigenvalue weighted by Crippen LogP contribution is -1.83. The van der Waals surface area contributed by atoms with Crippen molar-refractivity contribution in [2.45, 2.75) is 71.3 Å². The number of fused-ring (bicyclic) bond motifs is 7. The highest BCUT2D eigenvalue weighted by Gasteiger charge is 2.11. The number of benzene rings is 4. The number of aryl methyl sites for hydroxylation is 1. The summed E-state index contributed by atoms with van der Waals surface area (Å²) in [7, 11) is 0. The van der Waals surface area contributed by atoms with E-state index in [1.807, 2.05) is 25.6 Å². The predicted octanol–water partition coefficient (Wildman–Crippen LogP) is 10.7. The third-order valence-corrected chi connectivity index (χ3v) is 7.47. The lowest BCUT2D eigenvalue weighted by Gasteiger charge is -2.09. The summed E-state index contributed by atoms with van der Waals surface area (Å²) in [5.41, 5.74) is 2.32. The van der Waals surface area contributed by atoms with Crippen LogP contribution in [0.1, 0.15) is 64.9 Å². The summed E-state index contributed by atoms with van der Waals surface area (Å²) < 4.78 is 6.18. The van der Waals surface area contributed by atoms with E-state index in [0.717, 1.165) is 16.4 Å². The molecule has 0 saturated heterocycles. The van der Waals surface area contributed by atoms with Crippen LogP contribution in [0.2, 0.25) is 0 Å². The molecule has 0 fully saturated rings. The van der Waals surface area contributed by atoms with E-state index < -0.39 is 0 Å². The Kier molecular flexibility index (Phi) is 7.98. The topological polar surface area (TPSA) is 13.1 Å². The molecule has 172 valence electrons. The molecule has 0 unspecified atom stereocenters. The van der Waals surface area contributed by atoms with Gasteiger partial charge >= 0.3 is 0 Å². The Morgan fingerprint density at radius 2 is 1.21 bits per heavy atom. The van der Waals surface area contributed by atoms with Gasteiger partial charge in [-0.2, -0.15) is 0 Å². The Bertz CT molecular complexity index is 1360. The summed E-state index contributed by atoms with van der Waals surface area (Å²) in [5.74, 6) is 1.14. The van der Waals surface area contributed by atoms with Gasteiger partial charge < -0.3 is 4.42 Å². The van der Waals surface area contributed by atoms with Gasteiger partial charge in [0.25, 0.3) is 0 Å². The standard InChI is InChI=1S/C29H30OS.C2H6/c1-3-4-5-6-7-8-18-31-29-19-27-26-15-14-23-22-11-9-10-20(2)21(22)12-13-24(23)25(26)16-17-28(27)30-29;1-2/h9-17,19H,3-8,18H2,1-2H3;1-2H3. The van der Waals surface area contributed by atoms with Gasteiger partial charge in [-0.05, 0) is 63.4 Å². The van der Waals surface area contributed by atoms with Crippen LogP contribution in [0.15, 0.2) is 70.2 Å². The zero-order valence-corrected chi connectivity index (χ0v) is 21.4. The van der Waals surface area contributed by atoms with Crippen LogP contribution in [0.3, 0.4) is 0 Å². The molecule has 5 aromatic rings. The van der Waals surface area contributed by atoms with Crippen molar-refractivity contribution in [3.63, 3.8) is 0 Å². The molecule has 0 atom stereocenters. The Hall–Kier alpha value is -2.45. The third-order valence-electron chi connectivity index (χ3n) is 6.49. The number of rotatable bonds is 8. The van der Waals surface area contributed by atoms with Crippen LogP contribution >= 0.6 is 11.8 Å². The van der Waals surface area contributed by atoms with Crippen LogP contribution in [-0.4, -0.2) is 5.75 Å². The van der Waals surface area contributed by atoms with E-state index in [2.05, 4.69) is 74.5 Å². The highest BCUT2D eigenvalue weighted by atomic mass is 32.2. The maximum atomic E-state index is 6.18. The Morgan fingerprint density at radius 3 is 1.94 bits per heavy atom. The molecule has 2 heteroatoms. The van der Waals surface area contributed by atoms with Crippen molar-refractivity contribution in [1.82, 2.24) is 0 Å². The molecular formula is C31H36OS. The van der Waals surface area contributed by atoms with E-state index in [-0.39, 0.29) is 0 Å². The first-order chi connectivity index (χ1) is 16.3. The average Bonchev–Trinajstić information content (AvgIpc) is 3.28. The van der Waals surface area contributed by atoms with Crippen LogP contribution < -0.4 is 0 Å². The summed E-state index contributed by atoms with van der Waals surface area (Å²) in [6.45, 7) is 8.46. The van der Waals surface area contributed by atoms with Crippen molar-refractivity contribution in [1.29, 1.82) is 0 Å². The number of thioether (sulfide) groups is 1. The fourth-order valence-electron chi connectivity index (χ4n) is 4.77. The second-order valence-corrected chi connectivity index (χ2v) is 9.75. The summed E-state index contributed by atoms with van der Waals surface area (Å²) in [6.07, 6.45) is 8.01. The van der Waals surface area contributed by atoms with Gasteiger partial charge in [0.2, 0.25) is 0 Å². The van der Waals surface area contributed by atoms with Gasteiger partial charge in [-0.1, -0.05) is 113 Å². The molecule has 0 saturated carbocycles. The van der Waals surface area contributed by atoms with Gasteiger partial charge in [0.1, 0.15) is 5.58 Å². The fourth-order valence-corrected chi connectivity index (χ4v) is 5.67. The first-order valence-corrected chi connectivity index (χ1v) is 13.6. The fraction of sp³-hybridized carbons (Fsp3) is 0.355. The van der Waals surface area contributed by atoms with Gasteiger partial charge in [0.15, 0.2) is 5.09 Å². The SMILES string of the molecule is CC.CCCCCCCCSc1cc2c(ccc3c2ccc2c4cccc(C)c4ccc23)o1. The van der Waals surface area contributed by atoms with E-state index in [4.69, 9.17) is 4.42 Å². The molecule has 33 heavy (non-hydrogen) atoms. The Labute approximate surface area is 202 Å². The van der Waals surface area contributed by atoms with Crippen molar-refractivity contribution in [2.24, 2.45) is 0 Å². The monoisotopic (exact) mass is 456 g/mol. The molecule has 0 radical (unpaired) electrons.